The van der Waals surface area contributed by atoms with E-state index in [1.54, 1.807) is 12.3 Å². The number of aliphatic hydroxyl groups excluding tert-OH is 1. The van der Waals surface area contributed by atoms with Crippen molar-refractivity contribution >= 4 is 11.6 Å². The molecule has 124 valence electrons. The van der Waals surface area contributed by atoms with Crippen LogP contribution < -0.4 is 4.74 Å². The van der Waals surface area contributed by atoms with E-state index >= 15 is 0 Å². The Morgan fingerprint density at radius 2 is 2.04 bits per heavy atom. The zero-order valence-corrected chi connectivity index (χ0v) is 14.5. The number of rotatable bonds is 7. The van der Waals surface area contributed by atoms with Crippen molar-refractivity contribution in [2.75, 3.05) is 20.2 Å². The van der Waals surface area contributed by atoms with E-state index in [0.29, 0.717) is 18.2 Å². The topological polar surface area (TPSA) is 45.6 Å². The summed E-state index contributed by atoms with van der Waals surface area (Å²) in [5.41, 5.74) is 3.27. The molecule has 0 aliphatic heterocycles. The Labute approximate surface area is 142 Å². The zero-order chi connectivity index (χ0) is 16.8. The van der Waals surface area contributed by atoms with Gasteiger partial charge in [0, 0.05) is 19.3 Å². The van der Waals surface area contributed by atoms with E-state index in [4.69, 9.17) is 16.3 Å². The summed E-state index contributed by atoms with van der Waals surface area (Å²) < 4.78 is 5.74. The summed E-state index contributed by atoms with van der Waals surface area (Å²) in [6, 6.07) is 9.77. The molecular formula is C18H23ClN2O2. The molecule has 0 spiro atoms. The molecular weight excluding hydrogens is 312 g/mol. The number of nitrogens with zero attached hydrogens (tertiary/aromatic N) is 2. The third-order valence-electron chi connectivity index (χ3n) is 3.54. The Morgan fingerprint density at radius 1 is 1.26 bits per heavy atom. The molecule has 1 atom stereocenters. The van der Waals surface area contributed by atoms with Crippen molar-refractivity contribution in [1.29, 1.82) is 0 Å². The van der Waals surface area contributed by atoms with E-state index in [1.165, 1.54) is 0 Å². The molecule has 0 aliphatic carbocycles. The first-order chi connectivity index (χ1) is 10.9. The van der Waals surface area contributed by atoms with Crippen molar-refractivity contribution in [2.45, 2.75) is 26.5 Å². The Bertz CT molecular complexity index is 631. The van der Waals surface area contributed by atoms with Crippen LogP contribution in [-0.4, -0.2) is 41.3 Å². The highest BCUT2D eigenvalue weighted by Gasteiger charge is 2.11. The molecule has 1 heterocycles. The minimum atomic E-state index is -0.555. The lowest BCUT2D eigenvalue weighted by Gasteiger charge is -2.21. The van der Waals surface area contributed by atoms with Gasteiger partial charge in [-0.15, -0.1) is 0 Å². The Kier molecular flexibility index (Phi) is 6.39. The average molecular weight is 335 g/mol. The molecule has 0 radical (unpaired) electrons. The molecule has 1 unspecified atom stereocenters. The molecule has 2 aromatic rings. The van der Waals surface area contributed by atoms with Gasteiger partial charge in [-0.2, -0.15) is 0 Å². The first-order valence-electron chi connectivity index (χ1n) is 7.61. The predicted molar refractivity (Wildman–Crippen MR) is 93.0 cm³/mol. The van der Waals surface area contributed by atoms with Crippen LogP contribution in [-0.2, 0) is 6.54 Å². The number of pyridine rings is 1. The van der Waals surface area contributed by atoms with Crippen molar-refractivity contribution in [3.8, 4) is 5.75 Å². The minimum absolute atomic E-state index is 0.271. The lowest BCUT2D eigenvalue weighted by Crippen LogP contribution is -2.32. The molecule has 1 aromatic heterocycles. The van der Waals surface area contributed by atoms with Crippen LogP contribution in [0.1, 0.15) is 16.7 Å². The van der Waals surface area contributed by atoms with E-state index in [-0.39, 0.29) is 6.61 Å². The maximum atomic E-state index is 10.2. The van der Waals surface area contributed by atoms with Gasteiger partial charge in [-0.1, -0.05) is 29.8 Å². The van der Waals surface area contributed by atoms with Crippen LogP contribution in [0.4, 0.5) is 0 Å². The van der Waals surface area contributed by atoms with Gasteiger partial charge in [0.2, 0.25) is 0 Å². The van der Waals surface area contributed by atoms with Gasteiger partial charge in [-0.05, 0) is 49.7 Å². The SMILES string of the molecule is Cc1ccc(C)c(OCC(O)CN(C)Cc2ccc(Cl)nc2)c1. The first-order valence-corrected chi connectivity index (χ1v) is 7.99. The Morgan fingerprint density at radius 3 is 2.74 bits per heavy atom. The van der Waals surface area contributed by atoms with Gasteiger partial charge in [0.05, 0.1) is 0 Å². The lowest BCUT2D eigenvalue weighted by molar-refractivity contribution is 0.0741. The monoisotopic (exact) mass is 334 g/mol. The number of aromatic nitrogens is 1. The van der Waals surface area contributed by atoms with E-state index < -0.39 is 6.10 Å². The number of ether oxygens (including phenoxy) is 1. The van der Waals surface area contributed by atoms with Crippen LogP contribution in [0.2, 0.25) is 5.15 Å². The van der Waals surface area contributed by atoms with Gasteiger partial charge in [0.15, 0.2) is 0 Å². The van der Waals surface area contributed by atoms with Gasteiger partial charge in [-0.25, -0.2) is 4.98 Å². The minimum Gasteiger partial charge on any atom is -0.491 e. The number of aliphatic hydroxyl groups is 1. The molecule has 2 rings (SSSR count). The van der Waals surface area contributed by atoms with Crippen LogP contribution >= 0.6 is 11.6 Å². The third-order valence-corrected chi connectivity index (χ3v) is 3.76. The van der Waals surface area contributed by atoms with E-state index in [9.17, 15) is 5.11 Å². The molecule has 1 aromatic carbocycles. The molecule has 0 fully saturated rings. The van der Waals surface area contributed by atoms with Gasteiger partial charge in [0.25, 0.3) is 0 Å². The van der Waals surface area contributed by atoms with Crippen molar-refractivity contribution in [3.63, 3.8) is 0 Å². The van der Waals surface area contributed by atoms with Crippen molar-refractivity contribution in [3.05, 3.63) is 58.4 Å². The maximum absolute atomic E-state index is 10.2. The smallest absolute Gasteiger partial charge is 0.129 e. The number of aryl methyl sites for hydroxylation is 2. The number of hydrogen-bond acceptors (Lipinski definition) is 4. The lowest BCUT2D eigenvalue weighted by atomic mass is 10.1. The molecule has 5 heteroatoms. The fourth-order valence-corrected chi connectivity index (χ4v) is 2.45. The average Bonchev–Trinajstić information content (AvgIpc) is 2.50. The second kappa shape index (κ2) is 8.29. The van der Waals surface area contributed by atoms with Crippen LogP contribution in [0.3, 0.4) is 0 Å². The van der Waals surface area contributed by atoms with E-state index in [1.807, 2.05) is 50.1 Å². The number of halogens is 1. The molecule has 0 aliphatic rings. The number of hydrogen-bond donors (Lipinski definition) is 1. The summed E-state index contributed by atoms with van der Waals surface area (Å²) in [4.78, 5) is 6.09. The summed E-state index contributed by atoms with van der Waals surface area (Å²) in [5.74, 6) is 0.827. The van der Waals surface area contributed by atoms with Crippen LogP contribution in [0.25, 0.3) is 0 Å². The molecule has 0 saturated carbocycles. The summed E-state index contributed by atoms with van der Waals surface area (Å²) in [6.45, 7) is 5.52. The quantitative estimate of drug-likeness (QED) is 0.790. The summed E-state index contributed by atoms with van der Waals surface area (Å²) >= 11 is 5.77. The van der Waals surface area contributed by atoms with Crippen LogP contribution in [0.15, 0.2) is 36.5 Å². The molecule has 0 saturated heterocycles. The van der Waals surface area contributed by atoms with Gasteiger partial charge in [0.1, 0.15) is 23.6 Å². The molecule has 0 amide bonds. The van der Waals surface area contributed by atoms with Crippen LogP contribution in [0, 0.1) is 13.8 Å². The zero-order valence-electron chi connectivity index (χ0n) is 13.8. The summed E-state index contributed by atoms with van der Waals surface area (Å²) in [7, 11) is 1.95. The van der Waals surface area contributed by atoms with E-state index in [2.05, 4.69) is 4.98 Å². The first kappa shape index (κ1) is 17.7. The van der Waals surface area contributed by atoms with Crippen molar-refractivity contribution in [1.82, 2.24) is 9.88 Å². The van der Waals surface area contributed by atoms with Crippen molar-refractivity contribution in [2.24, 2.45) is 0 Å². The van der Waals surface area contributed by atoms with E-state index in [0.717, 1.165) is 22.4 Å². The third kappa shape index (κ3) is 5.82. The fourth-order valence-electron chi connectivity index (χ4n) is 2.34. The largest absolute Gasteiger partial charge is 0.491 e. The second-order valence-electron chi connectivity index (χ2n) is 5.92. The highest BCUT2D eigenvalue weighted by atomic mass is 35.5. The molecule has 1 N–H and O–H groups in total. The fraction of sp³-hybridized carbons (Fsp3) is 0.389. The van der Waals surface area contributed by atoms with Gasteiger partial charge < -0.3 is 9.84 Å². The predicted octanol–water partition coefficient (Wildman–Crippen LogP) is 3.22. The highest BCUT2D eigenvalue weighted by molar-refractivity contribution is 6.29. The van der Waals surface area contributed by atoms with Gasteiger partial charge in [-0.3, -0.25) is 4.90 Å². The highest BCUT2D eigenvalue weighted by Crippen LogP contribution is 2.19. The molecule has 23 heavy (non-hydrogen) atoms. The molecule has 4 nitrogen and oxygen atoms in total. The summed E-state index contributed by atoms with van der Waals surface area (Å²) in [5, 5.41) is 10.6. The number of likely N-dealkylation sites (N-methyl/N-ethyl adjacent to an activating group) is 1. The standard InChI is InChI=1S/C18H23ClN2O2/c1-13-4-5-14(2)17(8-13)23-12-16(22)11-21(3)10-15-6-7-18(19)20-9-15/h4-9,16,22H,10-12H2,1-3H3. The number of benzene rings is 1. The summed E-state index contributed by atoms with van der Waals surface area (Å²) in [6.07, 6.45) is 1.19. The maximum Gasteiger partial charge on any atom is 0.129 e. The normalized spacial score (nSPS) is 12.4. The Hall–Kier alpha value is -1.62. The molecule has 0 bridgehead atoms. The van der Waals surface area contributed by atoms with Crippen LogP contribution in [0.5, 0.6) is 5.75 Å². The Balaban J connectivity index is 1.80. The second-order valence-corrected chi connectivity index (χ2v) is 6.31. The van der Waals surface area contributed by atoms with Gasteiger partial charge >= 0.3 is 0 Å². The van der Waals surface area contributed by atoms with Crippen molar-refractivity contribution < 1.29 is 9.84 Å².